The Bertz CT molecular complexity index is 70.1. The van der Waals surface area contributed by atoms with Crippen LogP contribution in [0.2, 0.25) is 0 Å². The van der Waals surface area contributed by atoms with Crippen LogP contribution < -0.4 is 5.73 Å². The van der Waals surface area contributed by atoms with Crippen LogP contribution in [0.15, 0.2) is 11.8 Å². The van der Waals surface area contributed by atoms with E-state index >= 15 is 0 Å². The average molecular weight is 103 g/mol. The van der Waals surface area contributed by atoms with Gasteiger partial charge >= 0.3 is 0 Å². The molecular formula is C4H9NO2. The van der Waals surface area contributed by atoms with Gasteiger partial charge in [0.15, 0.2) is 0 Å². The Morgan fingerprint density at radius 2 is 2.14 bits per heavy atom. The average Bonchev–Trinajstić information content (AvgIpc) is 1.68. The second-order valence-electron chi connectivity index (χ2n) is 1.12. The summed E-state index contributed by atoms with van der Waals surface area (Å²) >= 11 is 0. The molecule has 4 N–H and O–H groups in total. The minimum Gasteiger partial charge on any atom is -0.400 e. The lowest BCUT2D eigenvalue weighted by Crippen LogP contribution is -2.02. The summed E-state index contributed by atoms with van der Waals surface area (Å²) in [6.07, 6.45) is 1.35. The molecule has 0 aliphatic carbocycles. The van der Waals surface area contributed by atoms with Crippen molar-refractivity contribution in [1.29, 1.82) is 0 Å². The van der Waals surface area contributed by atoms with Gasteiger partial charge in [-0.3, -0.25) is 0 Å². The standard InChI is InChI=1S/C4H9NO2/c5-4(3-7)1-2-6/h1,6-7H,2-3,5H2/b4-1-. The van der Waals surface area contributed by atoms with E-state index in [4.69, 9.17) is 15.9 Å². The summed E-state index contributed by atoms with van der Waals surface area (Å²) in [7, 11) is 0. The molecule has 0 aliphatic rings. The number of hydrogen-bond acceptors (Lipinski definition) is 3. The molecule has 0 spiro atoms. The zero-order chi connectivity index (χ0) is 5.70. The molecule has 0 aromatic carbocycles. The number of rotatable bonds is 2. The molecule has 0 saturated heterocycles. The molecular weight excluding hydrogens is 94.0 g/mol. The first-order valence-electron chi connectivity index (χ1n) is 1.97. The maximum atomic E-state index is 8.16. The third-order valence-corrected chi connectivity index (χ3v) is 0.536. The fourth-order valence-electron chi connectivity index (χ4n) is 0.182. The first kappa shape index (κ1) is 6.46. The van der Waals surface area contributed by atoms with Gasteiger partial charge in [-0.05, 0) is 6.08 Å². The summed E-state index contributed by atoms with van der Waals surface area (Å²) in [5.74, 6) is 0. The lowest BCUT2D eigenvalue weighted by atomic mass is 10.4. The van der Waals surface area contributed by atoms with E-state index in [1.165, 1.54) is 6.08 Å². The van der Waals surface area contributed by atoms with Gasteiger partial charge in [0.2, 0.25) is 0 Å². The normalized spacial score (nSPS) is 12.0. The number of aliphatic hydroxyl groups excluding tert-OH is 2. The molecule has 0 rings (SSSR count). The fourth-order valence-corrected chi connectivity index (χ4v) is 0.182. The summed E-state index contributed by atoms with van der Waals surface area (Å²) in [4.78, 5) is 0. The van der Waals surface area contributed by atoms with E-state index in [1.807, 2.05) is 0 Å². The number of aliphatic hydroxyl groups is 2. The van der Waals surface area contributed by atoms with Gasteiger partial charge in [0.1, 0.15) is 0 Å². The first-order valence-corrected chi connectivity index (χ1v) is 1.97. The molecule has 0 aliphatic heterocycles. The van der Waals surface area contributed by atoms with Gasteiger partial charge in [0.05, 0.1) is 13.2 Å². The van der Waals surface area contributed by atoms with Crippen LogP contribution in [-0.4, -0.2) is 23.4 Å². The Labute approximate surface area is 42.1 Å². The molecule has 0 heterocycles. The van der Waals surface area contributed by atoms with Gasteiger partial charge in [0.25, 0.3) is 0 Å². The molecule has 0 aromatic heterocycles. The van der Waals surface area contributed by atoms with Crippen LogP contribution in [0.1, 0.15) is 0 Å². The molecule has 0 aromatic rings. The lowest BCUT2D eigenvalue weighted by Gasteiger charge is -1.88. The van der Waals surface area contributed by atoms with E-state index in [9.17, 15) is 0 Å². The Morgan fingerprint density at radius 3 is 2.29 bits per heavy atom. The van der Waals surface area contributed by atoms with Gasteiger partial charge in [-0.2, -0.15) is 0 Å². The summed E-state index contributed by atoms with van der Waals surface area (Å²) in [6, 6.07) is 0. The van der Waals surface area contributed by atoms with Crippen LogP contribution in [-0.2, 0) is 0 Å². The van der Waals surface area contributed by atoms with E-state index in [0.29, 0.717) is 5.70 Å². The minimum absolute atomic E-state index is 0.105. The lowest BCUT2D eigenvalue weighted by molar-refractivity contribution is 0.318. The SMILES string of the molecule is N/C(=C\CO)CO. The largest absolute Gasteiger partial charge is 0.400 e. The highest BCUT2D eigenvalue weighted by Gasteiger charge is 1.79. The van der Waals surface area contributed by atoms with Crippen molar-refractivity contribution in [2.24, 2.45) is 5.73 Å². The van der Waals surface area contributed by atoms with Crippen LogP contribution in [0.25, 0.3) is 0 Å². The van der Waals surface area contributed by atoms with Crippen LogP contribution in [0.4, 0.5) is 0 Å². The number of hydrogen-bond donors (Lipinski definition) is 3. The zero-order valence-corrected chi connectivity index (χ0v) is 3.96. The molecule has 0 saturated carbocycles. The smallest absolute Gasteiger partial charge is 0.0823 e. The van der Waals surface area contributed by atoms with Crippen LogP contribution in [0, 0.1) is 0 Å². The highest BCUT2D eigenvalue weighted by atomic mass is 16.3. The third kappa shape index (κ3) is 3.29. The molecule has 0 fully saturated rings. The third-order valence-electron chi connectivity index (χ3n) is 0.536. The van der Waals surface area contributed by atoms with Crippen molar-refractivity contribution < 1.29 is 10.2 Å². The predicted molar refractivity (Wildman–Crippen MR) is 26.4 cm³/mol. The monoisotopic (exact) mass is 103 g/mol. The summed E-state index contributed by atoms with van der Waals surface area (Å²) in [6.45, 7) is -0.285. The molecule has 3 heteroatoms. The van der Waals surface area contributed by atoms with E-state index in [0.717, 1.165) is 0 Å². The molecule has 0 bridgehead atoms. The van der Waals surface area contributed by atoms with Crippen LogP contribution >= 0.6 is 0 Å². The highest BCUT2D eigenvalue weighted by Crippen LogP contribution is 1.75. The molecule has 7 heavy (non-hydrogen) atoms. The maximum Gasteiger partial charge on any atom is 0.0823 e. The molecule has 0 amide bonds. The molecule has 0 unspecified atom stereocenters. The Hall–Kier alpha value is -0.540. The Kier molecular flexibility index (Phi) is 3.36. The van der Waals surface area contributed by atoms with Gasteiger partial charge < -0.3 is 15.9 Å². The second-order valence-corrected chi connectivity index (χ2v) is 1.12. The molecule has 3 nitrogen and oxygen atoms in total. The molecule has 0 atom stereocenters. The van der Waals surface area contributed by atoms with Crippen LogP contribution in [0.3, 0.4) is 0 Å². The minimum atomic E-state index is -0.180. The quantitative estimate of drug-likeness (QED) is 0.412. The van der Waals surface area contributed by atoms with Crippen molar-refractivity contribution >= 4 is 0 Å². The van der Waals surface area contributed by atoms with Crippen molar-refractivity contribution in [3.8, 4) is 0 Å². The Morgan fingerprint density at radius 1 is 1.57 bits per heavy atom. The first-order chi connectivity index (χ1) is 3.31. The van der Waals surface area contributed by atoms with Crippen molar-refractivity contribution in [1.82, 2.24) is 0 Å². The van der Waals surface area contributed by atoms with Crippen molar-refractivity contribution in [2.75, 3.05) is 13.2 Å². The van der Waals surface area contributed by atoms with Crippen LogP contribution in [0.5, 0.6) is 0 Å². The second kappa shape index (κ2) is 3.64. The van der Waals surface area contributed by atoms with Gasteiger partial charge in [0, 0.05) is 5.70 Å². The van der Waals surface area contributed by atoms with E-state index < -0.39 is 0 Å². The fraction of sp³-hybridized carbons (Fsp3) is 0.500. The van der Waals surface area contributed by atoms with Gasteiger partial charge in [-0.15, -0.1) is 0 Å². The van der Waals surface area contributed by atoms with Crippen molar-refractivity contribution in [2.45, 2.75) is 0 Å². The predicted octanol–water partition coefficient (Wildman–Crippen LogP) is -1.19. The number of nitrogens with two attached hydrogens (primary N) is 1. The zero-order valence-electron chi connectivity index (χ0n) is 3.96. The molecule has 42 valence electrons. The van der Waals surface area contributed by atoms with Crippen molar-refractivity contribution in [3.63, 3.8) is 0 Å². The topological polar surface area (TPSA) is 66.5 Å². The van der Waals surface area contributed by atoms with Gasteiger partial charge in [-0.25, -0.2) is 0 Å². The van der Waals surface area contributed by atoms with Gasteiger partial charge in [-0.1, -0.05) is 0 Å². The summed E-state index contributed by atoms with van der Waals surface area (Å²) in [5, 5.41) is 16.3. The maximum absolute atomic E-state index is 8.16. The molecule has 0 radical (unpaired) electrons. The Balaban J connectivity index is 3.29. The van der Waals surface area contributed by atoms with E-state index in [2.05, 4.69) is 0 Å². The van der Waals surface area contributed by atoms with Crippen molar-refractivity contribution in [3.05, 3.63) is 11.8 Å². The van der Waals surface area contributed by atoms with E-state index in [1.54, 1.807) is 0 Å². The highest BCUT2D eigenvalue weighted by molar-refractivity contribution is 4.95. The van der Waals surface area contributed by atoms with E-state index in [-0.39, 0.29) is 13.2 Å². The summed E-state index contributed by atoms with van der Waals surface area (Å²) in [5.41, 5.74) is 5.34. The summed E-state index contributed by atoms with van der Waals surface area (Å²) < 4.78 is 0.